The van der Waals surface area contributed by atoms with Crippen molar-refractivity contribution in [3.63, 3.8) is 0 Å². The van der Waals surface area contributed by atoms with Gasteiger partial charge < -0.3 is 11.1 Å². The molecule has 0 fully saturated rings. The molecule has 0 aliphatic rings. The van der Waals surface area contributed by atoms with Gasteiger partial charge in [-0.3, -0.25) is 4.90 Å². The zero-order valence-corrected chi connectivity index (χ0v) is 11.8. The highest BCUT2D eigenvalue weighted by Crippen LogP contribution is 2.17. The molecule has 0 aliphatic carbocycles. The van der Waals surface area contributed by atoms with Crippen LogP contribution in [0.3, 0.4) is 0 Å². The van der Waals surface area contributed by atoms with Crippen molar-refractivity contribution in [2.45, 2.75) is 13.5 Å². The van der Waals surface area contributed by atoms with E-state index in [0.29, 0.717) is 24.5 Å². The number of hydrogen-bond donors (Lipinski definition) is 2. The summed E-state index contributed by atoms with van der Waals surface area (Å²) in [5, 5.41) is 2.81. The average Bonchev–Trinajstić information content (AvgIpc) is 2.50. The van der Waals surface area contributed by atoms with Gasteiger partial charge in [0.25, 0.3) is 0 Å². The molecule has 0 heterocycles. The van der Waals surface area contributed by atoms with Crippen LogP contribution >= 0.6 is 0 Å². The van der Waals surface area contributed by atoms with Crippen LogP contribution in [-0.2, 0) is 6.54 Å². The Labute approximate surface area is 123 Å². The molecule has 0 atom stereocenters. The van der Waals surface area contributed by atoms with Crippen LogP contribution in [0.2, 0.25) is 0 Å². The van der Waals surface area contributed by atoms with Gasteiger partial charge in [-0.05, 0) is 48.9 Å². The number of amides is 2. The molecule has 0 bridgehead atoms. The van der Waals surface area contributed by atoms with Crippen molar-refractivity contribution >= 4 is 17.4 Å². The molecule has 21 heavy (non-hydrogen) atoms. The Morgan fingerprint density at radius 1 is 1.14 bits per heavy atom. The van der Waals surface area contributed by atoms with Gasteiger partial charge in [0.15, 0.2) is 0 Å². The molecule has 5 heteroatoms. The number of hydrogen-bond acceptors (Lipinski definition) is 2. The van der Waals surface area contributed by atoms with Gasteiger partial charge in [-0.2, -0.15) is 0 Å². The molecule has 4 nitrogen and oxygen atoms in total. The summed E-state index contributed by atoms with van der Waals surface area (Å²) in [6, 6.07) is 12.9. The number of rotatable bonds is 4. The number of urea groups is 1. The van der Waals surface area contributed by atoms with Crippen LogP contribution in [0.4, 0.5) is 20.6 Å². The van der Waals surface area contributed by atoms with Crippen LogP contribution in [0.1, 0.15) is 12.5 Å². The first-order valence-corrected chi connectivity index (χ1v) is 6.77. The van der Waals surface area contributed by atoms with Gasteiger partial charge in [-0.1, -0.05) is 12.1 Å². The SMILES string of the molecule is CCN(C(=O)Nc1ccc(CN)cc1)c1ccc(F)cc1. The summed E-state index contributed by atoms with van der Waals surface area (Å²) in [5.74, 6) is -0.326. The van der Waals surface area contributed by atoms with Crippen LogP contribution in [-0.4, -0.2) is 12.6 Å². The fourth-order valence-electron chi connectivity index (χ4n) is 1.98. The van der Waals surface area contributed by atoms with E-state index in [1.165, 1.54) is 17.0 Å². The minimum atomic E-state index is -0.326. The zero-order valence-electron chi connectivity index (χ0n) is 11.8. The molecule has 0 saturated heterocycles. The first kappa shape index (κ1) is 15.0. The summed E-state index contributed by atoms with van der Waals surface area (Å²) in [7, 11) is 0. The van der Waals surface area contributed by atoms with Gasteiger partial charge >= 0.3 is 6.03 Å². The Hall–Kier alpha value is -2.40. The maximum Gasteiger partial charge on any atom is 0.326 e. The average molecular weight is 287 g/mol. The molecule has 0 radical (unpaired) electrons. The predicted molar refractivity (Wildman–Crippen MR) is 82.8 cm³/mol. The molecule has 2 aromatic rings. The fourth-order valence-corrected chi connectivity index (χ4v) is 1.98. The smallest absolute Gasteiger partial charge is 0.326 e. The van der Waals surface area contributed by atoms with Gasteiger partial charge in [-0.15, -0.1) is 0 Å². The number of nitrogens with two attached hydrogens (primary N) is 1. The summed E-state index contributed by atoms with van der Waals surface area (Å²) < 4.78 is 12.9. The van der Waals surface area contributed by atoms with Gasteiger partial charge in [-0.25, -0.2) is 9.18 Å². The number of nitrogens with one attached hydrogen (secondary N) is 1. The Morgan fingerprint density at radius 3 is 2.29 bits per heavy atom. The zero-order chi connectivity index (χ0) is 15.2. The molecule has 2 amide bonds. The Balaban J connectivity index is 2.10. The van der Waals surface area contributed by atoms with Crippen molar-refractivity contribution in [2.75, 3.05) is 16.8 Å². The maximum absolute atomic E-state index is 12.9. The lowest BCUT2D eigenvalue weighted by molar-refractivity contribution is 0.257. The molecular formula is C16H18FN3O. The maximum atomic E-state index is 12.9. The number of anilines is 2. The number of carbonyl (C=O) groups is 1. The second kappa shape index (κ2) is 6.85. The van der Waals surface area contributed by atoms with Crippen molar-refractivity contribution in [1.29, 1.82) is 0 Å². The van der Waals surface area contributed by atoms with E-state index in [4.69, 9.17) is 5.73 Å². The van der Waals surface area contributed by atoms with Crippen LogP contribution in [0.15, 0.2) is 48.5 Å². The largest absolute Gasteiger partial charge is 0.326 e. The van der Waals surface area contributed by atoms with Gasteiger partial charge in [0.2, 0.25) is 0 Å². The summed E-state index contributed by atoms with van der Waals surface area (Å²) in [6.45, 7) is 2.81. The second-order valence-electron chi connectivity index (χ2n) is 4.55. The van der Waals surface area contributed by atoms with E-state index in [1.54, 1.807) is 24.3 Å². The van der Waals surface area contributed by atoms with Crippen molar-refractivity contribution in [2.24, 2.45) is 5.73 Å². The normalized spacial score (nSPS) is 10.2. The Kier molecular flexibility index (Phi) is 4.90. The lowest BCUT2D eigenvalue weighted by atomic mass is 10.2. The van der Waals surface area contributed by atoms with Crippen molar-refractivity contribution in [3.8, 4) is 0 Å². The number of halogens is 1. The topological polar surface area (TPSA) is 58.4 Å². The molecule has 110 valence electrons. The van der Waals surface area contributed by atoms with Gasteiger partial charge in [0.05, 0.1) is 0 Å². The van der Waals surface area contributed by atoms with Gasteiger partial charge in [0.1, 0.15) is 5.82 Å². The van der Waals surface area contributed by atoms with Crippen LogP contribution in [0, 0.1) is 5.82 Å². The van der Waals surface area contributed by atoms with E-state index >= 15 is 0 Å². The lowest BCUT2D eigenvalue weighted by Crippen LogP contribution is -2.34. The highest BCUT2D eigenvalue weighted by atomic mass is 19.1. The first-order chi connectivity index (χ1) is 10.1. The van der Waals surface area contributed by atoms with Crippen molar-refractivity contribution < 1.29 is 9.18 Å². The Morgan fingerprint density at radius 2 is 1.76 bits per heavy atom. The third-order valence-corrected chi connectivity index (χ3v) is 3.14. The molecule has 0 unspecified atom stereocenters. The van der Waals surface area contributed by atoms with Crippen LogP contribution in [0.5, 0.6) is 0 Å². The minimum absolute atomic E-state index is 0.260. The summed E-state index contributed by atoms with van der Waals surface area (Å²) in [4.78, 5) is 13.8. The summed E-state index contributed by atoms with van der Waals surface area (Å²) >= 11 is 0. The number of benzene rings is 2. The molecular weight excluding hydrogens is 269 g/mol. The summed E-state index contributed by atoms with van der Waals surface area (Å²) in [6.07, 6.45) is 0. The highest BCUT2D eigenvalue weighted by Gasteiger charge is 2.13. The fraction of sp³-hybridized carbons (Fsp3) is 0.188. The molecule has 3 N–H and O–H groups in total. The molecule has 0 spiro atoms. The van der Waals surface area contributed by atoms with Gasteiger partial charge in [0, 0.05) is 24.5 Å². The monoisotopic (exact) mass is 287 g/mol. The molecule has 2 rings (SSSR count). The molecule has 0 aliphatic heterocycles. The third kappa shape index (κ3) is 3.79. The predicted octanol–water partition coefficient (Wildman–Crippen LogP) is 3.34. The first-order valence-electron chi connectivity index (χ1n) is 6.77. The Bertz CT molecular complexity index is 596. The van der Waals surface area contributed by atoms with E-state index < -0.39 is 0 Å². The van der Waals surface area contributed by atoms with Crippen LogP contribution < -0.4 is 16.0 Å². The second-order valence-corrected chi connectivity index (χ2v) is 4.55. The number of nitrogens with zero attached hydrogens (tertiary/aromatic N) is 1. The minimum Gasteiger partial charge on any atom is -0.326 e. The molecule has 0 saturated carbocycles. The number of carbonyl (C=O) groups excluding carboxylic acids is 1. The molecule has 0 aromatic heterocycles. The lowest BCUT2D eigenvalue weighted by Gasteiger charge is -2.21. The van der Waals surface area contributed by atoms with E-state index in [1.807, 2.05) is 19.1 Å². The van der Waals surface area contributed by atoms with E-state index in [9.17, 15) is 9.18 Å². The van der Waals surface area contributed by atoms with E-state index in [-0.39, 0.29) is 11.8 Å². The van der Waals surface area contributed by atoms with Crippen LogP contribution in [0.25, 0.3) is 0 Å². The highest BCUT2D eigenvalue weighted by molar-refractivity contribution is 6.01. The quantitative estimate of drug-likeness (QED) is 0.906. The van der Waals surface area contributed by atoms with Crippen molar-refractivity contribution in [1.82, 2.24) is 0 Å². The van der Waals surface area contributed by atoms with E-state index in [2.05, 4.69) is 5.32 Å². The molecule has 2 aromatic carbocycles. The van der Waals surface area contributed by atoms with E-state index in [0.717, 1.165) is 5.56 Å². The van der Waals surface area contributed by atoms with Crippen molar-refractivity contribution in [3.05, 3.63) is 59.9 Å². The summed E-state index contributed by atoms with van der Waals surface area (Å²) in [5.41, 5.74) is 7.87. The third-order valence-electron chi connectivity index (χ3n) is 3.14. The standard InChI is InChI=1S/C16H18FN3O/c1-2-20(15-9-5-13(17)6-10-15)16(21)19-14-7-3-12(11-18)4-8-14/h3-10H,2,11,18H2,1H3,(H,19,21).